The highest BCUT2D eigenvalue weighted by atomic mass is 16.2. The fourth-order valence-corrected chi connectivity index (χ4v) is 5.52. The summed E-state index contributed by atoms with van der Waals surface area (Å²) in [5, 5.41) is 6.38. The second-order valence-corrected chi connectivity index (χ2v) is 8.52. The van der Waals surface area contributed by atoms with Crippen LogP contribution in [0.1, 0.15) is 23.6 Å². The zero-order chi connectivity index (χ0) is 20.4. The summed E-state index contributed by atoms with van der Waals surface area (Å²) < 4.78 is 0. The van der Waals surface area contributed by atoms with Gasteiger partial charge in [0.25, 0.3) is 5.91 Å². The van der Waals surface area contributed by atoms with Crippen molar-refractivity contribution in [2.45, 2.75) is 25.4 Å². The van der Waals surface area contributed by atoms with Gasteiger partial charge in [-0.25, -0.2) is 14.9 Å². The lowest BCUT2D eigenvalue weighted by Gasteiger charge is -2.30. The van der Waals surface area contributed by atoms with E-state index in [2.05, 4.69) is 41.2 Å². The number of hydrogen-bond acceptors (Lipinski definition) is 4. The molecule has 0 aromatic heterocycles. The van der Waals surface area contributed by atoms with Gasteiger partial charge in [0.15, 0.2) is 0 Å². The average Bonchev–Trinajstić information content (AvgIpc) is 3.41. The van der Waals surface area contributed by atoms with Crippen molar-refractivity contribution in [2.75, 3.05) is 18.0 Å². The fourth-order valence-electron chi connectivity index (χ4n) is 5.52. The number of fused-ring (bicyclic) bond motifs is 4. The van der Waals surface area contributed by atoms with Gasteiger partial charge in [-0.05, 0) is 30.4 Å². The van der Waals surface area contributed by atoms with Crippen molar-refractivity contribution >= 4 is 28.3 Å². The van der Waals surface area contributed by atoms with Crippen molar-refractivity contribution in [1.29, 1.82) is 0 Å². The van der Waals surface area contributed by atoms with Gasteiger partial charge in [-0.1, -0.05) is 66.2 Å². The molecular weight excluding hydrogens is 374 g/mol. The molecule has 3 fully saturated rings. The van der Waals surface area contributed by atoms with Crippen LogP contribution < -0.4 is 4.90 Å². The van der Waals surface area contributed by atoms with Gasteiger partial charge < -0.3 is 0 Å². The highest BCUT2D eigenvalue weighted by molar-refractivity contribution is 6.26. The van der Waals surface area contributed by atoms with E-state index >= 15 is 0 Å². The van der Waals surface area contributed by atoms with Crippen LogP contribution in [0.4, 0.5) is 5.69 Å². The summed E-state index contributed by atoms with van der Waals surface area (Å²) in [6, 6.07) is 21.7. The molecule has 0 N–H and O–H groups in total. The van der Waals surface area contributed by atoms with E-state index in [9.17, 15) is 9.59 Å². The van der Waals surface area contributed by atoms with Crippen LogP contribution in [0.5, 0.6) is 0 Å². The normalized spacial score (nSPS) is 26.6. The summed E-state index contributed by atoms with van der Waals surface area (Å²) in [6.07, 6.45) is 1.02. The standard InChI is InChI=1S/C25H23N3O2/c1-16-10-12-18(13-11-16)22-21-23(27-15-5-14-26(22)27)25(30)28(24(21)29)20-9-4-7-17-6-2-3-8-19(17)20/h2-4,6-13,21-23H,5,14-15H2,1H3/t21-,22+,23-/m0/s1. The molecule has 3 aliphatic rings. The van der Waals surface area contributed by atoms with E-state index in [4.69, 9.17) is 0 Å². The van der Waals surface area contributed by atoms with Gasteiger partial charge in [-0.15, -0.1) is 0 Å². The molecule has 5 nitrogen and oxygen atoms in total. The molecule has 3 aromatic carbocycles. The number of anilines is 1. The summed E-state index contributed by atoms with van der Waals surface area (Å²) >= 11 is 0. The molecular formula is C25H23N3O2. The third-order valence-electron chi connectivity index (χ3n) is 6.83. The van der Waals surface area contributed by atoms with E-state index in [1.807, 2.05) is 42.5 Å². The maximum absolute atomic E-state index is 13.8. The summed E-state index contributed by atoms with van der Waals surface area (Å²) in [7, 11) is 0. The Morgan fingerprint density at radius 3 is 2.27 bits per heavy atom. The first kappa shape index (κ1) is 17.8. The minimum absolute atomic E-state index is 0.0821. The molecule has 0 unspecified atom stereocenters. The van der Waals surface area contributed by atoms with Crippen LogP contribution in [-0.2, 0) is 9.59 Å². The van der Waals surface area contributed by atoms with Crippen molar-refractivity contribution in [1.82, 2.24) is 10.0 Å². The van der Waals surface area contributed by atoms with Crippen LogP contribution in [0.25, 0.3) is 10.8 Å². The molecule has 30 heavy (non-hydrogen) atoms. The molecule has 3 saturated heterocycles. The smallest absolute Gasteiger partial charge is 0.253 e. The molecule has 0 spiro atoms. The lowest BCUT2D eigenvalue weighted by atomic mass is 9.89. The van der Waals surface area contributed by atoms with E-state index in [-0.39, 0.29) is 23.8 Å². The monoisotopic (exact) mass is 397 g/mol. The number of hydrogen-bond donors (Lipinski definition) is 0. The first-order valence-electron chi connectivity index (χ1n) is 10.6. The number of hydrazine groups is 1. The largest absolute Gasteiger partial charge is 0.274 e. The predicted octanol–water partition coefficient (Wildman–Crippen LogP) is 3.68. The quantitative estimate of drug-likeness (QED) is 0.619. The molecule has 3 aromatic rings. The Hall–Kier alpha value is -3.02. The van der Waals surface area contributed by atoms with E-state index in [0.717, 1.165) is 35.8 Å². The minimum atomic E-state index is -0.412. The van der Waals surface area contributed by atoms with Crippen molar-refractivity contribution in [3.8, 4) is 0 Å². The van der Waals surface area contributed by atoms with Gasteiger partial charge in [0.1, 0.15) is 6.04 Å². The Labute approximate surface area is 175 Å². The third-order valence-corrected chi connectivity index (χ3v) is 6.83. The summed E-state index contributed by atoms with van der Waals surface area (Å²) in [5.74, 6) is -0.552. The Morgan fingerprint density at radius 1 is 0.767 bits per heavy atom. The number of rotatable bonds is 2. The van der Waals surface area contributed by atoms with E-state index in [0.29, 0.717) is 5.69 Å². The van der Waals surface area contributed by atoms with Crippen molar-refractivity contribution in [3.63, 3.8) is 0 Å². The zero-order valence-electron chi connectivity index (χ0n) is 16.9. The molecule has 2 amide bonds. The molecule has 3 atom stereocenters. The van der Waals surface area contributed by atoms with Crippen LogP contribution in [0.15, 0.2) is 66.7 Å². The predicted molar refractivity (Wildman–Crippen MR) is 116 cm³/mol. The zero-order valence-corrected chi connectivity index (χ0v) is 16.9. The number of carbonyl (C=O) groups excluding carboxylic acids is 2. The topological polar surface area (TPSA) is 43.9 Å². The summed E-state index contributed by atoms with van der Waals surface area (Å²) in [4.78, 5) is 28.9. The van der Waals surface area contributed by atoms with Crippen LogP contribution in [0, 0.1) is 12.8 Å². The number of carbonyl (C=O) groups is 2. The first-order chi connectivity index (χ1) is 14.6. The van der Waals surface area contributed by atoms with E-state index in [1.54, 1.807) is 0 Å². The number of imide groups is 1. The van der Waals surface area contributed by atoms with Crippen LogP contribution >= 0.6 is 0 Å². The second kappa shape index (κ2) is 6.49. The molecule has 3 aliphatic heterocycles. The van der Waals surface area contributed by atoms with Gasteiger partial charge in [0, 0.05) is 18.5 Å². The van der Waals surface area contributed by atoms with Crippen LogP contribution in [-0.4, -0.2) is 41.0 Å². The van der Waals surface area contributed by atoms with Gasteiger partial charge in [-0.3, -0.25) is 9.59 Å². The molecule has 0 radical (unpaired) electrons. The Kier molecular flexibility index (Phi) is 3.85. The average molecular weight is 397 g/mol. The van der Waals surface area contributed by atoms with Crippen molar-refractivity contribution in [3.05, 3.63) is 77.9 Å². The van der Waals surface area contributed by atoms with Crippen LogP contribution in [0.2, 0.25) is 0 Å². The van der Waals surface area contributed by atoms with Crippen LogP contribution in [0.3, 0.4) is 0 Å². The third kappa shape index (κ3) is 2.36. The molecule has 3 heterocycles. The number of amides is 2. The van der Waals surface area contributed by atoms with Gasteiger partial charge in [0.05, 0.1) is 17.6 Å². The molecule has 150 valence electrons. The summed E-state index contributed by atoms with van der Waals surface area (Å²) in [6.45, 7) is 3.78. The van der Waals surface area contributed by atoms with Gasteiger partial charge in [0.2, 0.25) is 5.91 Å². The van der Waals surface area contributed by atoms with E-state index in [1.165, 1.54) is 10.5 Å². The summed E-state index contributed by atoms with van der Waals surface area (Å²) in [5.41, 5.74) is 3.00. The lowest BCUT2D eigenvalue weighted by Crippen LogP contribution is -2.44. The highest BCUT2D eigenvalue weighted by Gasteiger charge is 2.62. The second-order valence-electron chi connectivity index (χ2n) is 8.52. The Morgan fingerprint density at radius 2 is 1.47 bits per heavy atom. The van der Waals surface area contributed by atoms with E-state index < -0.39 is 6.04 Å². The van der Waals surface area contributed by atoms with Gasteiger partial charge >= 0.3 is 0 Å². The molecule has 0 aliphatic carbocycles. The highest BCUT2D eigenvalue weighted by Crippen LogP contribution is 2.49. The minimum Gasteiger partial charge on any atom is -0.274 e. The Bertz CT molecular complexity index is 1170. The maximum Gasteiger partial charge on any atom is 0.253 e. The lowest BCUT2D eigenvalue weighted by molar-refractivity contribution is -0.126. The molecule has 6 rings (SSSR count). The maximum atomic E-state index is 13.8. The molecule has 5 heteroatoms. The van der Waals surface area contributed by atoms with Crippen molar-refractivity contribution in [2.24, 2.45) is 5.92 Å². The molecule has 0 bridgehead atoms. The molecule has 0 saturated carbocycles. The first-order valence-corrected chi connectivity index (χ1v) is 10.6. The number of benzene rings is 3. The van der Waals surface area contributed by atoms with Gasteiger partial charge in [-0.2, -0.15) is 0 Å². The SMILES string of the molecule is Cc1ccc([C@@H]2[C@@H]3C(=O)N(c4cccc5ccccc45)C(=O)[C@H]3N3CCCN23)cc1. The number of aryl methyl sites for hydroxylation is 1. The van der Waals surface area contributed by atoms with Crippen molar-refractivity contribution < 1.29 is 9.59 Å². The fraction of sp³-hybridized carbons (Fsp3) is 0.280. The Balaban J connectivity index is 1.48. The number of nitrogens with zero attached hydrogens (tertiary/aromatic N) is 3.